The third kappa shape index (κ3) is 2.07. The monoisotopic (exact) mass is 353 g/mol. The van der Waals surface area contributed by atoms with E-state index >= 15 is 0 Å². The Kier molecular flexibility index (Phi) is 2.66. The summed E-state index contributed by atoms with van der Waals surface area (Å²) in [4.78, 5) is 0. The zero-order chi connectivity index (χ0) is 12.1. The fourth-order valence-corrected chi connectivity index (χ4v) is 3.11. The maximum Gasteiger partial charge on any atom is 0.134 e. The molecule has 2 fully saturated rings. The van der Waals surface area contributed by atoms with E-state index in [0.717, 1.165) is 24.1 Å². The van der Waals surface area contributed by atoms with Crippen LogP contribution in [0.25, 0.3) is 11.0 Å². The molecule has 2 saturated carbocycles. The molecule has 0 unspecified atom stereocenters. The van der Waals surface area contributed by atoms with E-state index < -0.39 is 0 Å². The Bertz CT molecular complexity index is 596. The number of nitrogens with one attached hydrogen (secondary N) is 1. The fourth-order valence-electron chi connectivity index (χ4n) is 2.61. The minimum atomic E-state index is 0.741. The molecular weight excluding hydrogens is 337 g/mol. The Labute approximate surface area is 120 Å². The van der Waals surface area contributed by atoms with E-state index in [1.54, 1.807) is 0 Å². The summed E-state index contributed by atoms with van der Waals surface area (Å²) in [6.45, 7) is 0.905. The van der Waals surface area contributed by atoms with E-state index in [-0.39, 0.29) is 0 Å². The molecule has 2 aliphatic rings. The zero-order valence-electron chi connectivity index (χ0n) is 10.2. The Hall–Kier alpha value is -0.550. The van der Waals surface area contributed by atoms with Gasteiger partial charge < -0.3 is 9.73 Å². The topological polar surface area (TPSA) is 25.2 Å². The van der Waals surface area contributed by atoms with Gasteiger partial charge in [0.2, 0.25) is 0 Å². The lowest BCUT2D eigenvalue weighted by molar-refractivity contribution is 0.506. The third-order valence-electron chi connectivity index (χ3n) is 3.88. The van der Waals surface area contributed by atoms with E-state index in [1.807, 2.05) is 0 Å². The number of fused-ring (bicyclic) bond motifs is 1. The van der Waals surface area contributed by atoms with Crippen LogP contribution in [-0.4, -0.2) is 6.04 Å². The summed E-state index contributed by atoms with van der Waals surface area (Å²) in [6, 6.07) is 7.25. The second-order valence-corrected chi connectivity index (χ2v) is 6.75. The first-order valence-electron chi connectivity index (χ1n) is 6.75. The summed E-state index contributed by atoms with van der Waals surface area (Å²) in [6.07, 6.45) is 5.32. The van der Waals surface area contributed by atoms with Gasteiger partial charge in [0.15, 0.2) is 0 Å². The molecule has 0 amide bonds. The highest BCUT2D eigenvalue weighted by molar-refractivity contribution is 14.1. The minimum Gasteiger partial charge on any atom is -0.459 e. The van der Waals surface area contributed by atoms with E-state index in [2.05, 4.69) is 46.1 Å². The van der Waals surface area contributed by atoms with Crippen LogP contribution >= 0.6 is 22.6 Å². The van der Waals surface area contributed by atoms with Crippen LogP contribution in [0.1, 0.15) is 42.9 Å². The summed E-state index contributed by atoms with van der Waals surface area (Å²) >= 11 is 2.38. The standard InChI is InChI=1S/C15H16INO/c16-10-3-6-13-12(7-10)15(9-1-2-9)14(18-13)8-17-11-4-5-11/h3,6-7,9,11,17H,1-2,4-5,8H2. The Balaban J connectivity index is 1.76. The molecule has 1 N–H and O–H groups in total. The maximum absolute atomic E-state index is 6.07. The molecule has 0 atom stereocenters. The SMILES string of the molecule is Ic1ccc2oc(CNC3CC3)c(C3CC3)c2c1. The second kappa shape index (κ2) is 4.23. The number of hydrogen-bond acceptors (Lipinski definition) is 2. The van der Waals surface area contributed by atoms with Gasteiger partial charge in [0.1, 0.15) is 11.3 Å². The van der Waals surface area contributed by atoms with Crippen molar-refractivity contribution < 1.29 is 4.42 Å². The van der Waals surface area contributed by atoms with Crippen LogP contribution in [0.4, 0.5) is 0 Å². The van der Waals surface area contributed by atoms with Crippen molar-refractivity contribution in [1.29, 1.82) is 0 Å². The highest BCUT2D eigenvalue weighted by atomic mass is 127. The van der Waals surface area contributed by atoms with Crippen LogP contribution in [0.5, 0.6) is 0 Å². The van der Waals surface area contributed by atoms with Gasteiger partial charge in [-0.1, -0.05) is 0 Å². The lowest BCUT2D eigenvalue weighted by atomic mass is 10.1. The van der Waals surface area contributed by atoms with Crippen LogP contribution in [-0.2, 0) is 6.54 Å². The third-order valence-corrected chi connectivity index (χ3v) is 4.55. The number of rotatable bonds is 4. The molecular formula is C15H16INO. The van der Waals surface area contributed by atoms with Gasteiger partial charge in [0.05, 0.1) is 6.54 Å². The van der Waals surface area contributed by atoms with Crippen LogP contribution in [0, 0.1) is 3.57 Å². The quantitative estimate of drug-likeness (QED) is 0.835. The van der Waals surface area contributed by atoms with Gasteiger partial charge in [-0.05, 0) is 72.4 Å². The van der Waals surface area contributed by atoms with Crippen molar-refractivity contribution >= 4 is 33.6 Å². The highest BCUT2D eigenvalue weighted by Crippen LogP contribution is 2.46. The molecule has 4 rings (SSSR count). The average Bonchev–Trinajstić information content (AvgIpc) is 3.25. The second-order valence-electron chi connectivity index (χ2n) is 5.51. The van der Waals surface area contributed by atoms with Gasteiger partial charge in [-0.3, -0.25) is 0 Å². The smallest absolute Gasteiger partial charge is 0.134 e. The summed E-state index contributed by atoms with van der Waals surface area (Å²) in [7, 11) is 0. The van der Waals surface area contributed by atoms with Gasteiger partial charge in [-0.15, -0.1) is 0 Å². The Morgan fingerprint density at radius 3 is 2.78 bits per heavy atom. The summed E-state index contributed by atoms with van der Waals surface area (Å²) in [5, 5.41) is 4.92. The molecule has 0 spiro atoms. The lowest BCUT2D eigenvalue weighted by Crippen LogP contribution is -2.15. The van der Waals surface area contributed by atoms with Crippen molar-refractivity contribution in [3.05, 3.63) is 33.1 Å². The molecule has 0 radical (unpaired) electrons. The van der Waals surface area contributed by atoms with Gasteiger partial charge in [-0.25, -0.2) is 0 Å². The summed E-state index contributed by atoms with van der Waals surface area (Å²) < 4.78 is 7.36. The van der Waals surface area contributed by atoms with Crippen molar-refractivity contribution in [2.75, 3.05) is 0 Å². The van der Waals surface area contributed by atoms with Gasteiger partial charge in [0, 0.05) is 20.6 Å². The summed E-state index contributed by atoms with van der Waals surface area (Å²) in [5.41, 5.74) is 2.54. The first-order chi connectivity index (χ1) is 8.81. The number of furan rings is 1. The van der Waals surface area contributed by atoms with Crippen molar-refractivity contribution in [3.63, 3.8) is 0 Å². The van der Waals surface area contributed by atoms with Crippen molar-refractivity contribution in [2.45, 2.75) is 44.2 Å². The van der Waals surface area contributed by atoms with Crippen LogP contribution in [0.3, 0.4) is 0 Å². The lowest BCUT2D eigenvalue weighted by Gasteiger charge is -2.02. The van der Waals surface area contributed by atoms with Crippen LogP contribution < -0.4 is 5.32 Å². The van der Waals surface area contributed by atoms with Gasteiger partial charge in [-0.2, -0.15) is 0 Å². The predicted octanol–water partition coefficient (Wildman–Crippen LogP) is 4.17. The fraction of sp³-hybridized carbons (Fsp3) is 0.467. The molecule has 2 aliphatic carbocycles. The molecule has 1 heterocycles. The van der Waals surface area contributed by atoms with E-state index in [9.17, 15) is 0 Å². The Morgan fingerprint density at radius 2 is 2.06 bits per heavy atom. The molecule has 1 aromatic heterocycles. The molecule has 94 valence electrons. The molecule has 2 nitrogen and oxygen atoms in total. The molecule has 0 saturated heterocycles. The summed E-state index contributed by atoms with van der Waals surface area (Å²) in [5.74, 6) is 1.93. The maximum atomic E-state index is 6.07. The highest BCUT2D eigenvalue weighted by Gasteiger charge is 2.31. The largest absolute Gasteiger partial charge is 0.459 e. The average molecular weight is 353 g/mol. The first-order valence-corrected chi connectivity index (χ1v) is 7.83. The molecule has 18 heavy (non-hydrogen) atoms. The number of halogens is 1. The number of benzene rings is 1. The van der Waals surface area contributed by atoms with Crippen molar-refractivity contribution in [2.24, 2.45) is 0 Å². The minimum absolute atomic E-state index is 0.741. The van der Waals surface area contributed by atoms with E-state index in [1.165, 1.54) is 46.0 Å². The molecule has 0 aliphatic heterocycles. The zero-order valence-corrected chi connectivity index (χ0v) is 12.4. The van der Waals surface area contributed by atoms with Gasteiger partial charge >= 0.3 is 0 Å². The number of hydrogen-bond donors (Lipinski definition) is 1. The first kappa shape index (κ1) is 11.3. The molecule has 0 bridgehead atoms. The van der Waals surface area contributed by atoms with Crippen LogP contribution in [0.15, 0.2) is 22.6 Å². The molecule has 3 heteroatoms. The normalized spacial score (nSPS) is 19.6. The Morgan fingerprint density at radius 1 is 1.22 bits per heavy atom. The van der Waals surface area contributed by atoms with E-state index in [0.29, 0.717) is 0 Å². The predicted molar refractivity (Wildman–Crippen MR) is 80.8 cm³/mol. The van der Waals surface area contributed by atoms with Crippen molar-refractivity contribution in [3.8, 4) is 0 Å². The van der Waals surface area contributed by atoms with Crippen LogP contribution in [0.2, 0.25) is 0 Å². The molecule has 1 aromatic carbocycles. The van der Waals surface area contributed by atoms with Gasteiger partial charge in [0.25, 0.3) is 0 Å². The molecule has 2 aromatic rings. The van der Waals surface area contributed by atoms with E-state index in [4.69, 9.17) is 4.42 Å². The van der Waals surface area contributed by atoms with Crippen molar-refractivity contribution in [1.82, 2.24) is 5.32 Å².